The van der Waals surface area contributed by atoms with Gasteiger partial charge in [-0.15, -0.1) is 0 Å². The molecular weight excluding hydrogens is 395 g/mol. The lowest BCUT2D eigenvalue weighted by atomic mass is 10.1. The van der Waals surface area contributed by atoms with Gasteiger partial charge >= 0.3 is 12.2 Å². The number of nitrogens with zero attached hydrogens (tertiary/aromatic N) is 5. The van der Waals surface area contributed by atoms with Gasteiger partial charge in [-0.05, 0) is 25.0 Å². The number of carbonyl (C=O) groups excluding carboxylic acids is 1. The molecule has 2 fully saturated rings. The molecule has 1 aliphatic carbocycles. The third-order valence-corrected chi connectivity index (χ3v) is 5.70. The second-order valence-electron chi connectivity index (χ2n) is 7.40. The van der Waals surface area contributed by atoms with E-state index >= 15 is 0 Å². The van der Waals surface area contributed by atoms with Crippen molar-refractivity contribution in [3.8, 4) is 6.07 Å². The minimum absolute atomic E-state index is 0.237. The molecule has 0 radical (unpaired) electrons. The summed E-state index contributed by atoms with van der Waals surface area (Å²) in [4.78, 5) is 24.0. The molecule has 2 aliphatic rings. The Labute approximate surface area is 169 Å². The summed E-state index contributed by atoms with van der Waals surface area (Å²) in [5.41, 5.74) is -1.08. The van der Waals surface area contributed by atoms with E-state index in [1.807, 2.05) is 24.3 Å². The molecule has 0 N–H and O–H groups in total. The zero-order valence-corrected chi connectivity index (χ0v) is 15.5. The summed E-state index contributed by atoms with van der Waals surface area (Å²) in [6.45, 7) is 0. The first-order chi connectivity index (χ1) is 14.4. The Hall–Kier alpha value is -3.67. The number of amides is 2. The van der Waals surface area contributed by atoms with E-state index in [1.54, 1.807) is 6.20 Å². The van der Waals surface area contributed by atoms with Gasteiger partial charge in [-0.2, -0.15) is 18.4 Å². The maximum atomic E-state index is 13.5. The first kappa shape index (κ1) is 18.4. The number of rotatable bonds is 2. The number of halogens is 3. The number of nitriles is 1. The van der Waals surface area contributed by atoms with Gasteiger partial charge in [0.25, 0.3) is 0 Å². The molecule has 5 rings (SSSR count). The molecule has 2 amide bonds. The maximum Gasteiger partial charge on any atom is 0.433 e. The number of fused-ring (bicyclic) bond motifs is 1. The quantitative estimate of drug-likeness (QED) is 0.624. The highest BCUT2D eigenvalue weighted by Crippen LogP contribution is 2.54. The van der Waals surface area contributed by atoms with Crippen molar-refractivity contribution in [1.82, 2.24) is 9.97 Å². The van der Waals surface area contributed by atoms with Gasteiger partial charge in [-0.25, -0.2) is 9.78 Å². The van der Waals surface area contributed by atoms with Crippen molar-refractivity contribution in [2.45, 2.75) is 30.6 Å². The SMILES string of the molecule is N#CC1N(c2cncc3ccccc23)C(=O)N(c2ccc(C(F)(F)F)nc2)C12CC2. The van der Waals surface area contributed by atoms with Crippen LogP contribution in [0.5, 0.6) is 0 Å². The van der Waals surface area contributed by atoms with Gasteiger partial charge in [-0.3, -0.25) is 14.8 Å². The summed E-state index contributed by atoms with van der Waals surface area (Å²) in [5.74, 6) is 0. The molecule has 30 heavy (non-hydrogen) atoms. The summed E-state index contributed by atoms with van der Waals surface area (Å²) < 4.78 is 38.7. The van der Waals surface area contributed by atoms with Crippen molar-refractivity contribution in [1.29, 1.82) is 5.26 Å². The van der Waals surface area contributed by atoms with Crippen LogP contribution in [0.1, 0.15) is 18.5 Å². The summed E-state index contributed by atoms with van der Waals surface area (Å²) >= 11 is 0. The van der Waals surface area contributed by atoms with E-state index in [0.29, 0.717) is 18.5 Å². The topological polar surface area (TPSA) is 73.1 Å². The predicted octanol–water partition coefficient (Wildman–Crippen LogP) is 4.52. The molecule has 1 saturated heterocycles. The Morgan fingerprint density at radius 3 is 2.50 bits per heavy atom. The van der Waals surface area contributed by atoms with Gasteiger partial charge in [0.05, 0.1) is 35.4 Å². The number of benzene rings is 1. The average molecular weight is 409 g/mol. The van der Waals surface area contributed by atoms with Crippen LogP contribution in [0.2, 0.25) is 0 Å². The third kappa shape index (κ3) is 2.53. The smallest absolute Gasteiger partial charge is 0.283 e. The second kappa shape index (κ2) is 6.16. The van der Waals surface area contributed by atoms with Crippen LogP contribution in [0.15, 0.2) is 55.0 Å². The van der Waals surface area contributed by atoms with Crippen molar-refractivity contribution in [3.63, 3.8) is 0 Å². The molecule has 1 unspecified atom stereocenters. The van der Waals surface area contributed by atoms with Crippen LogP contribution in [0, 0.1) is 11.3 Å². The molecular formula is C21H14F3N5O. The normalized spacial score (nSPS) is 20.1. The number of pyridine rings is 2. The van der Waals surface area contributed by atoms with Crippen LogP contribution < -0.4 is 9.80 Å². The summed E-state index contributed by atoms with van der Waals surface area (Å²) in [6.07, 6.45) is 0.834. The number of urea groups is 1. The highest BCUT2D eigenvalue weighted by atomic mass is 19.4. The fraction of sp³-hybridized carbons (Fsp3) is 0.238. The van der Waals surface area contributed by atoms with Crippen LogP contribution in [-0.4, -0.2) is 27.6 Å². The van der Waals surface area contributed by atoms with Gasteiger partial charge in [0.1, 0.15) is 11.7 Å². The molecule has 0 bridgehead atoms. The fourth-order valence-corrected chi connectivity index (χ4v) is 4.16. The van der Waals surface area contributed by atoms with Crippen molar-refractivity contribution in [2.24, 2.45) is 0 Å². The molecule has 1 spiro atoms. The molecule has 1 aromatic carbocycles. The predicted molar refractivity (Wildman–Crippen MR) is 103 cm³/mol. The van der Waals surface area contributed by atoms with Gasteiger partial charge < -0.3 is 0 Å². The van der Waals surface area contributed by atoms with Gasteiger partial charge in [0.2, 0.25) is 0 Å². The van der Waals surface area contributed by atoms with E-state index in [0.717, 1.165) is 23.0 Å². The van der Waals surface area contributed by atoms with Crippen LogP contribution in [-0.2, 0) is 6.18 Å². The number of hydrogen-bond acceptors (Lipinski definition) is 4. The number of anilines is 2. The summed E-state index contributed by atoms with van der Waals surface area (Å²) in [7, 11) is 0. The molecule has 2 aromatic heterocycles. The molecule has 1 aliphatic heterocycles. The van der Waals surface area contributed by atoms with Gasteiger partial charge in [-0.1, -0.05) is 24.3 Å². The van der Waals surface area contributed by atoms with E-state index in [9.17, 15) is 23.2 Å². The van der Waals surface area contributed by atoms with Crippen molar-refractivity contribution in [2.75, 3.05) is 9.80 Å². The minimum Gasteiger partial charge on any atom is -0.283 e. The van der Waals surface area contributed by atoms with Crippen LogP contribution >= 0.6 is 0 Å². The highest BCUT2D eigenvalue weighted by molar-refractivity contribution is 6.13. The van der Waals surface area contributed by atoms with Crippen LogP contribution in [0.25, 0.3) is 10.8 Å². The van der Waals surface area contributed by atoms with E-state index in [1.165, 1.54) is 22.1 Å². The van der Waals surface area contributed by atoms with Gasteiger partial charge in [0.15, 0.2) is 0 Å². The molecule has 150 valence electrons. The Morgan fingerprint density at radius 1 is 1.10 bits per heavy atom. The summed E-state index contributed by atoms with van der Waals surface area (Å²) in [5, 5.41) is 11.5. The first-order valence-electron chi connectivity index (χ1n) is 9.26. The standard InChI is InChI=1S/C21H14F3N5O/c22-21(23,24)17-6-5-14(11-27-17)29-19(30)28(18(9-25)20(29)7-8-20)16-12-26-10-13-3-1-2-4-15(13)16/h1-6,10-12,18H,7-8H2. The lowest BCUT2D eigenvalue weighted by Crippen LogP contribution is -2.39. The fourth-order valence-electron chi connectivity index (χ4n) is 4.16. The van der Waals surface area contributed by atoms with Crippen molar-refractivity contribution >= 4 is 28.2 Å². The Balaban J connectivity index is 1.62. The maximum absolute atomic E-state index is 13.5. The first-order valence-corrected chi connectivity index (χ1v) is 9.26. The summed E-state index contributed by atoms with van der Waals surface area (Å²) in [6, 6.07) is 10.4. The Kier molecular flexibility index (Phi) is 3.77. The number of aromatic nitrogens is 2. The number of alkyl halides is 3. The van der Waals surface area contributed by atoms with E-state index in [-0.39, 0.29) is 5.69 Å². The zero-order valence-electron chi connectivity index (χ0n) is 15.5. The molecule has 1 atom stereocenters. The molecule has 9 heteroatoms. The molecule has 6 nitrogen and oxygen atoms in total. The van der Waals surface area contributed by atoms with Crippen LogP contribution in [0.3, 0.4) is 0 Å². The molecule has 3 aromatic rings. The van der Waals surface area contributed by atoms with E-state index in [2.05, 4.69) is 16.0 Å². The largest absolute Gasteiger partial charge is 0.433 e. The third-order valence-electron chi connectivity index (χ3n) is 5.70. The number of hydrogen-bond donors (Lipinski definition) is 0. The van der Waals surface area contributed by atoms with Crippen molar-refractivity contribution in [3.05, 3.63) is 60.7 Å². The Morgan fingerprint density at radius 2 is 1.87 bits per heavy atom. The Bertz CT molecular complexity index is 1190. The highest BCUT2D eigenvalue weighted by Gasteiger charge is 2.66. The molecule has 1 saturated carbocycles. The van der Waals surface area contributed by atoms with Crippen LogP contribution in [0.4, 0.5) is 29.3 Å². The number of carbonyl (C=O) groups is 1. The average Bonchev–Trinajstić information content (AvgIpc) is 3.47. The second-order valence-corrected chi connectivity index (χ2v) is 7.40. The zero-order chi connectivity index (χ0) is 21.1. The lowest BCUT2D eigenvalue weighted by Gasteiger charge is -2.23. The van der Waals surface area contributed by atoms with Crippen molar-refractivity contribution < 1.29 is 18.0 Å². The lowest BCUT2D eigenvalue weighted by molar-refractivity contribution is -0.141. The molecule has 3 heterocycles. The monoisotopic (exact) mass is 409 g/mol. The van der Waals surface area contributed by atoms with Gasteiger partial charge in [0, 0.05) is 17.0 Å². The minimum atomic E-state index is -4.57. The van der Waals surface area contributed by atoms with E-state index < -0.39 is 29.5 Å². The van der Waals surface area contributed by atoms with E-state index in [4.69, 9.17) is 0 Å².